The number of carbonyl (C=O) groups is 1. The molecule has 8 heteroatoms. The molecule has 132 valence electrons. The van der Waals surface area contributed by atoms with E-state index in [-0.39, 0.29) is 18.7 Å². The molecule has 1 fully saturated rings. The molecule has 0 radical (unpaired) electrons. The van der Waals surface area contributed by atoms with Crippen LogP contribution in [0, 0.1) is 6.92 Å². The summed E-state index contributed by atoms with van der Waals surface area (Å²) in [4.78, 5) is 46.3. The molecule has 25 heavy (non-hydrogen) atoms. The number of hydrogen-bond donors (Lipinski definition) is 3. The Balaban J connectivity index is 1.57. The van der Waals surface area contributed by atoms with Crippen LogP contribution in [0.15, 0.2) is 27.9 Å². The van der Waals surface area contributed by atoms with E-state index in [1.165, 1.54) is 12.8 Å². The van der Waals surface area contributed by atoms with Crippen LogP contribution in [0.25, 0.3) is 0 Å². The number of aryl methyl sites for hydroxylation is 1. The normalized spacial score (nSPS) is 13.9. The maximum Gasteiger partial charge on any atom is 0.325 e. The third kappa shape index (κ3) is 4.14. The van der Waals surface area contributed by atoms with Crippen LogP contribution < -0.4 is 21.5 Å². The SMILES string of the molecule is Cc1[nH]c(=O)[nH]c(=O)c1CCC(=O)Nc1ccc(N2CCCC2)nc1. The Bertz CT molecular complexity index is 863. The first kappa shape index (κ1) is 16.9. The minimum atomic E-state index is -0.542. The minimum absolute atomic E-state index is 0.143. The van der Waals surface area contributed by atoms with E-state index in [4.69, 9.17) is 0 Å². The quantitative estimate of drug-likeness (QED) is 0.748. The van der Waals surface area contributed by atoms with Gasteiger partial charge >= 0.3 is 5.69 Å². The molecule has 0 unspecified atom stereocenters. The monoisotopic (exact) mass is 343 g/mol. The second-order valence-corrected chi connectivity index (χ2v) is 6.16. The maximum atomic E-state index is 12.1. The predicted octanol–water partition coefficient (Wildman–Crippen LogP) is 0.938. The van der Waals surface area contributed by atoms with E-state index in [1.807, 2.05) is 12.1 Å². The summed E-state index contributed by atoms with van der Waals surface area (Å²) < 4.78 is 0. The van der Waals surface area contributed by atoms with E-state index >= 15 is 0 Å². The molecule has 0 aliphatic carbocycles. The van der Waals surface area contributed by atoms with E-state index in [2.05, 4.69) is 25.2 Å². The van der Waals surface area contributed by atoms with Crippen LogP contribution in [-0.4, -0.2) is 33.9 Å². The van der Waals surface area contributed by atoms with Crippen molar-refractivity contribution >= 4 is 17.4 Å². The lowest BCUT2D eigenvalue weighted by atomic mass is 10.1. The van der Waals surface area contributed by atoms with E-state index in [0.717, 1.165) is 18.9 Å². The lowest BCUT2D eigenvalue weighted by Crippen LogP contribution is -2.27. The van der Waals surface area contributed by atoms with Crippen molar-refractivity contribution in [3.8, 4) is 0 Å². The summed E-state index contributed by atoms with van der Waals surface area (Å²) in [7, 11) is 0. The second kappa shape index (κ2) is 7.33. The van der Waals surface area contributed by atoms with Crippen molar-refractivity contribution in [2.24, 2.45) is 0 Å². The van der Waals surface area contributed by atoms with Gasteiger partial charge < -0.3 is 15.2 Å². The number of carbonyl (C=O) groups excluding carboxylic acids is 1. The van der Waals surface area contributed by atoms with Crippen molar-refractivity contribution in [3.63, 3.8) is 0 Å². The van der Waals surface area contributed by atoms with Gasteiger partial charge in [-0.1, -0.05) is 0 Å². The highest BCUT2D eigenvalue weighted by Crippen LogP contribution is 2.19. The van der Waals surface area contributed by atoms with Gasteiger partial charge in [0, 0.05) is 30.8 Å². The second-order valence-electron chi connectivity index (χ2n) is 6.16. The molecule has 0 atom stereocenters. The van der Waals surface area contributed by atoms with Gasteiger partial charge in [-0.15, -0.1) is 0 Å². The van der Waals surface area contributed by atoms with Gasteiger partial charge in [0.1, 0.15) is 5.82 Å². The van der Waals surface area contributed by atoms with Gasteiger partial charge in [0.25, 0.3) is 5.56 Å². The number of rotatable bonds is 5. The zero-order chi connectivity index (χ0) is 17.8. The largest absolute Gasteiger partial charge is 0.357 e. The lowest BCUT2D eigenvalue weighted by molar-refractivity contribution is -0.116. The van der Waals surface area contributed by atoms with E-state index in [1.54, 1.807) is 13.1 Å². The highest BCUT2D eigenvalue weighted by molar-refractivity contribution is 5.90. The standard InChI is InChI=1S/C17H21N5O3/c1-11-13(16(24)21-17(25)19-11)5-7-15(23)20-12-4-6-14(18-10-12)22-8-2-3-9-22/h4,6,10H,2-3,5,7-9H2,1H3,(H,20,23)(H2,19,21,24,25). The molecular formula is C17H21N5O3. The first-order chi connectivity index (χ1) is 12.0. The van der Waals surface area contributed by atoms with Gasteiger partial charge in [-0.2, -0.15) is 0 Å². The van der Waals surface area contributed by atoms with Crippen LogP contribution in [0.3, 0.4) is 0 Å². The molecule has 2 aromatic rings. The number of aromatic nitrogens is 3. The molecule has 1 saturated heterocycles. The summed E-state index contributed by atoms with van der Waals surface area (Å²) in [6, 6.07) is 3.73. The number of nitrogens with one attached hydrogen (secondary N) is 3. The van der Waals surface area contributed by atoms with Crippen LogP contribution in [0.5, 0.6) is 0 Å². The van der Waals surface area contributed by atoms with Crippen LogP contribution >= 0.6 is 0 Å². The number of H-pyrrole nitrogens is 2. The molecule has 1 aliphatic rings. The van der Waals surface area contributed by atoms with Crippen molar-refractivity contribution in [3.05, 3.63) is 50.4 Å². The molecular weight excluding hydrogens is 322 g/mol. The van der Waals surface area contributed by atoms with Crippen molar-refractivity contribution in [1.82, 2.24) is 15.0 Å². The fourth-order valence-electron chi connectivity index (χ4n) is 2.98. The molecule has 1 aliphatic heterocycles. The van der Waals surface area contributed by atoms with E-state index in [9.17, 15) is 14.4 Å². The molecule has 0 spiro atoms. The minimum Gasteiger partial charge on any atom is -0.357 e. The molecule has 0 bridgehead atoms. The van der Waals surface area contributed by atoms with Gasteiger partial charge in [-0.3, -0.25) is 14.6 Å². The first-order valence-electron chi connectivity index (χ1n) is 8.36. The molecule has 3 rings (SSSR count). The Hall–Kier alpha value is -2.90. The Morgan fingerprint density at radius 1 is 1.24 bits per heavy atom. The van der Waals surface area contributed by atoms with Gasteiger partial charge in [0.15, 0.2) is 0 Å². The number of aromatic amines is 2. The Morgan fingerprint density at radius 3 is 2.64 bits per heavy atom. The fraction of sp³-hybridized carbons (Fsp3) is 0.412. The first-order valence-corrected chi connectivity index (χ1v) is 8.36. The third-order valence-electron chi connectivity index (χ3n) is 4.32. The molecule has 0 saturated carbocycles. The number of nitrogens with zero attached hydrogens (tertiary/aromatic N) is 2. The molecule has 3 N–H and O–H groups in total. The molecule has 0 aromatic carbocycles. The van der Waals surface area contributed by atoms with E-state index < -0.39 is 11.2 Å². The van der Waals surface area contributed by atoms with Crippen molar-refractivity contribution in [2.45, 2.75) is 32.6 Å². The van der Waals surface area contributed by atoms with Gasteiger partial charge in [0.2, 0.25) is 5.91 Å². The summed E-state index contributed by atoms with van der Waals surface area (Å²) in [6.45, 7) is 3.68. The van der Waals surface area contributed by atoms with Crippen molar-refractivity contribution in [1.29, 1.82) is 0 Å². The predicted molar refractivity (Wildman–Crippen MR) is 95.1 cm³/mol. The highest BCUT2D eigenvalue weighted by Gasteiger charge is 2.13. The molecule has 3 heterocycles. The van der Waals surface area contributed by atoms with Crippen LogP contribution in [0.1, 0.15) is 30.5 Å². The van der Waals surface area contributed by atoms with Gasteiger partial charge in [0.05, 0.1) is 11.9 Å². The number of hydrogen-bond acceptors (Lipinski definition) is 5. The summed E-state index contributed by atoms with van der Waals surface area (Å²) in [5.74, 6) is 0.714. The maximum absolute atomic E-state index is 12.1. The number of pyridine rings is 1. The van der Waals surface area contributed by atoms with Crippen LogP contribution in [0.2, 0.25) is 0 Å². The summed E-state index contributed by atoms with van der Waals surface area (Å²) >= 11 is 0. The third-order valence-corrected chi connectivity index (χ3v) is 4.32. The average molecular weight is 343 g/mol. The molecule has 8 nitrogen and oxygen atoms in total. The Labute approximate surface area is 144 Å². The zero-order valence-corrected chi connectivity index (χ0v) is 14.1. The summed E-state index contributed by atoms with van der Waals surface area (Å²) in [6.07, 6.45) is 4.41. The smallest absolute Gasteiger partial charge is 0.325 e. The van der Waals surface area contributed by atoms with Crippen LogP contribution in [-0.2, 0) is 11.2 Å². The average Bonchev–Trinajstić information content (AvgIpc) is 3.09. The zero-order valence-electron chi connectivity index (χ0n) is 14.1. The molecule has 1 amide bonds. The molecule has 2 aromatic heterocycles. The van der Waals surface area contributed by atoms with Gasteiger partial charge in [-0.05, 0) is 38.3 Å². The van der Waals surface area contributed by atoms with Crippen molar-refractivity contribution in [2.75, 3.05) is 23.3 Å². The lowest BCUT2D eigenvalue weighted by Gasteiger charge is -2.16. The summed E-state index contributed by atoms with van der Waals surface area (Å²) in [5, 5.41) is 2.78. The van der Waals surface area contributed by atoms with E-state index in [0.29, 0.717) is 16.9 Å². The Morgan fingerprint density at radius 2 is 2.00 bits per heavy atom. The van der Waals surface area contributed by atoms with Crippen molar-refractivity contribution < 1.29 is 4.79 Å². The number of anilines is 2. The Kier molecular flexibility index (Phi) is 4.97. The van der Waals surface area contributed by atoms with Crippen LogP contribution in [0.4, 0.5) is 11.5 Å². The topological polar surface area (TPSA) is 111 Å². The number of amides is 1. The fourth-order valence-corrected chi connectivity index (χ4v) is 2.98. The van der Waals surface area contributed by atoms with Gasteiger partial charge in [-0.25, -0.2) is 9.78 Å². The highest BCUT2D eigenvalue weighted by atomic mass is 16.2. The summed E-state index contributed by atoms with van der Waals surface area (Å²) in [5.41, 5.74) is 0.529.